The van der Waals surface area contributed by atoms with E-state index in [1.807, 2.05) is 243 Å². The molecule has 79 heavy (non-hydrogen) atoms. The molecule has 0 fully saturated rings. The first-order valence-electron chi connectivity index (χ1n) is 26.4. The van der Waals surface area contributed by atoms with E-state index in [1.54, 1.807) is 0 Å². The molecule has 0 saturated heterocycles. The summed E-state index contributed by atoms with van der Waals surface area (Å²) in [7, 11) is 4.97. The van der Waals surface area contributed by atoms with Crippen LogP contribution in [0, 0.1) is 59.2 Å². The highest BCUT2D eigenvalue weighted by Gasteiger charge is 2.01. The molecule has 0 spiro atoms. The number of hydrogen-bond acceptors (Lipinski definition) is 5. The normalized spacial score (nSPS) is 10.1. The first kappa shape index (κ1) is 51.1. The molecule has 0 aliphatic heterocycles. The number of nitrogens with two attached hydrogens (primary N) is 2. The molecule has 0 bridgehead atoms. The summed E-state index contributed by atoms with van der Waals surface area (Å²) in [6, 6.07) is 79.0. The zero-order valence-corrected chi connectivity index (χ0v) is 45.4. The fraction of sp³-hybridized carbons (Fsp3) is 0. The lowest BCUT2D eigenvalue weighted by molar-refractivity contribution is 1.52. The number of benzene rings is 10. The van der Waals surface area contributed by atoms with Crippen molar-refractivity contribution in [3.8, 4) is 59.2 Å². The SMILES string of the molecule is [2H]B(P)c1ccc(C#Cc2ccc(Nc3ccc(C#Cc4ccc(N)cc4)cc3)cc2)cc1.[2H]B(P)c1ccc(C#Cc2ccc(Nc3ccc(C#Cc4ccc(Nc5ccc(C#Cc6ccc(N)cc6)cc5)cc4)cc3)cc2)cc1. The maximum absolute atomic E-state index is 7.76. The second-order valence-electron chi connectivity index (χ2n) is 17.9. The molecule has 0 aliphatic rings. The highest BCUT2D eigenvalue weighted by molar-refractivity contribution is 7.58. The number of hydrogen-bond donors (Lipinski definition) is 5. The summed E-state index contributed by atoms with van der Waals surface area (Å²) in [5.74, 6) is 31.9. The van der Waals surface area contributed by atoms with Crippen LogP contribution in [0.1, 0.15) is 55.6 Å². The quantitative estimate of drug-likeness (QED) is 0.0453. The molecule has 0 heterocycles. The zero-order valence-electron chi connectivity index (χ0n) is 45.1. The molecule has 10 rings (SSSR count). The Morgan fingerprint density at radius 1 is 0.241 bits per heavy atom. The largest absolute Gasteiger partial charge is 0.399 e. The van der Waals surface area contributed by atoms with Gasteiger partial charge in [0.05, 0.1) is 0 Å². The maximum atomic E-state index is 7.76. The van der Waals surface area contributed by atoms with Gasteiger partial charge in [0, 0.05) is 101 Å². The van der Waals surface area contributed by atoms with Gasteiger partial charge in [-0.3, -0.25) is 0 Å². The average molecular weight is 1050 g/mol. The van der Waals surface area contributed by atoms with Gasteiger partial charge in [0.15, 0.2) is 13.9 Å². The minimum Gasteiger partial charge on any atom is -0.399 e. The van der Waals surface area contributed by atoms with Crippen LogP contribution in [-0.2, 0) is 0 Å². The monoisotopic (exact) mass is 1050 g/mol. The van der Waals surface area contributed by atoms with Crippen LogP contribution < -0.4 is 38.3 Å². The van der Waals surface area contributed by atoms with Crippen molar-refractivity contribution in [2.45, 2.75) is 0 Å². The summed E-state index contributed by atoms with van der Waals surface area (Å²) in [4.78, 5) is 0. The number of rotatable bonds is 8. The molecule has 0 saturated carbocycles. The molecule has 0 aromatic heterocycles. The summed E-state index contributed by atoms with van der Waals surface area (Å²) in [6.45, 7) is -0.611. The van der Waals surface area contributed by atoms with Crippen LogP contribution >= 0.6 is 18.2 Å². The molecule has 7 N–H and O–H groups in total. The first-order valence-corrected chi connectivity index (χ1v) is 26.6. The van der Waals surface area contributed by atoms with Gasteiger partial charge < -0.3 is 27.4 Å². The van der Waals surface area contributed by atoms with Crippen molar-refractivity contribution in [1.29, 1.82) is 2.67 Å². The van der Waals surface area contributed by atoms with Crippen LogP contribution in [0.4, 0.5) is 45.5 Å². The summed E-state index contributed by atoms with van der Waals surface area (Å²) >= 11 is 0. The number of anilines is 8. The molecule has 9 heteroatoms. The van der Waals surface area contributed by atoms with E-state index in [-0.39, 0.29) is 13.9 Å². The molecular weight excluding hydrogens is 994 g/mol. The molecule has 2 unspecified atom stereocenters. The third-order valence-electron chi connectivity index (χ3n) is 12.0. The molecule has 2 atom stereocenters. The van der Waals surface area contributed by atoms with Crippen LogP contribution in [-0.4, -0.2) is 16.6 Å². The van der Waals surface area contributed by atoms with Crippen molar-refractivity contribution < 1.29 is 0 Å². The molecule has 0 amide bonds. The highest BCUT2D eigenvalue weighted by Crippen LogP contribution is 2.21. The van der Waals surface area contributed by atoms with Crippen LogP contribution in [0.15, 0.2) is 243 Å². The summed E-state index contributed by atoms with van der Waals surface area (Å²) in [6.07, 6.45) is 0. The Labute approximate surface area is 473 Å². The van der Waals surface area contributed by atoms with Gasteiger partial charge in [-0.05, 0) is 221 Å². The minimum absolute atomic E-state index is 0.300. The highest BCUT2D eigenvalue weighted by atomic mass is 31.0. The Morgan fingerprint density at radius 2 is 0.380 bits per heavy atom. The minimum atomic E-state index is -0.311. The third kappa shape index (κ3) is 17.3. The Balaban J connectivity index is 0.000000210. The van der Waals surface area contributed by atoms with Gasteiger partial charge >= 0.3 is 0 Å². The standard InChI is InChI=1S/C42H31BN3P.C28H22BN2P/c44-38-21-9-32(10-22-38)2-4-34-13-25-40(26-14-34)46-42-29-17-36(18-30-42)6-5-35-15-27-41(28-16-35)45-39-23-11-33(12-24-39)3-1-31-7-19-37(43-47)20-8-31;30-26-15-7-22(8-16-26)2-4-24-11-19-28(20-12-24)31-27-17-9-23(10-18-27)3-1-21-5-13-25(29-32)14-6-21/h7-30,43,45-46H,44,47H2;5-20,29,31H,30,32H2/i43D;29D. The molecule has 5 nitrogen and oxygen atoms in total. The van der Waals surface area contributed by atoms with Crippen molar-refractivity contribution in [3.63, 3.8) is 0 Å². The van der Waals surface area contributed by atoms with Gasteiger partial charge in [0.25, 0.3) is 0 Å². The van der Waals surface area contributed by atoms with Crippen LogP contribution in [0.5, 0.6) is 0 Å². The third-order valence-corrected chi connectivity index (χ3v) is 12.7. The summed E-state index contributed by atoms with van der Waals surface area (Å²) in [5, 5.41) is 10.3. The molecule has 374 valence electrons. The molecule has 0 radical (unpaired) electrons. The van der Waals surface area contributed by atoms with Gasteiger partial charge in [0.1, 0.15) is 0 Å². The summed E-state index contributed by atoms with van der Waals surface area (Å²) < 4.78 is 15.5. The van der Waals surface area contributed by atoms with Crippen LogP contribution in [0.25, 0.3) is 0 Å². The predicted octanol–water partition coefficient (Wildman–Crippen LogP) is 12.5. The fourth-order valence-electron chi connectivity index (χ4n) is 7.53. The smallest absolute Gasteiger partial charge is 0.180 e. The van der Waals surface area contributed by atoms with Crippen LogP contribution in [0.3, 0.4) is 0 Å². The van der Waals surface area contributed by atoms with E-state index in [9.17, 15) is 0 Å². The Morgan fingerprint density at radius 3 is 0.532 bits per heavy atom. The Kier molecular flexibility index (Phi) is 17.9. The molecule has 10 aromatic carbocycles. The lowest BCUT2D eigenvalue weighted by Gasteiger charge is -2.07. The Bertz CT molecular complexity index is 4050. The lowest BCUT2D eigenvalue weighted by atomic mass is 9.93. The second kappa shape index (κ2) is 27.7. The summed E-state index contributed by atoms with van der Waals surface area (Å²) in [5.41, 5.74) is 30.2. The second-order valence-corrected chi connectivity index (χ2v) is 18.6. The predicted molar refractivity (Wildman–Crippen MR) is 346 cm³/mol. The van der Waals surface area contributed by atoms with Crippen molar-refractivity contribution in [2.24, 2.45) is 0 Å². The molecule has 10 aromatic rings. The van der Waals surface area contributed by atoms with E-state index in [0.717, 1.165) is 112 Å². The molecular formula is C70H53B2N5P2. The number of nitrogens with one attached hydrogen (secondary N) is 3. The molecule has 0 aliphatic carbocycles. The average Bonchev–Trinajstić information content (AvgIpc) is 3.50. The lowest BCUT2D eigenvalue weighted by Crippen LogP contribution is -2.06. The van der Waals surface area contributed by atoms with Gasteiger partial charge in [-0.2, -0.15) is 18.2 Å². The van der Waals surface area contributed by atoms with Crippen molar-refractivity contribution >= 4 is 88.6 Å². The van der Waals surface area contributed by atoms with E-state index >= 15 is 0 Å². The van der Waals surface area contributed by atoms with Crippen molar-refractivity contribution in [3.05, 3.63) is 298 Å². The number of nitrogen functional groups attached to an aromatic ring is 2. The zero-order chi connectivity index (χ0) is 56.2. The van der Waals surface area contributed by atoms with E-state index in [2.05, 4.69) is 93.4 Å². The van der Waals surface area contributed by atoms with E-state index in [4.69, 9.17) is 14.1 Å². The van der Waals surface area contributed by atoms with E-state index in [1.165, 1.54) is 0 Å². The van der Waals surface area contributed by atoms with Crippen molar-refractivity contribution in [2.75, 3.05) is 27.4 Å². The van der Waals surface area contributed by atoms with Gasteiger partial charge in [-0.1, -0.05) is 94.4 Å². The maximum Gasteiger partial charge on any atom is 0.180 e. The van der Waals surface area contributed by atoms with Crippen LogP contribution in [0.2, 0.25) is 0 Å². The van der Waals surface area contributed by atoms with Gasteiger partial charge in [0.2, 0.25) is 0 Å². The fourth-order valence-corrected chi connectivity index (χ4v) is 7.98. The van der Waals surface area contributed by atoms with E-state index in [0.29, 0.717) is 0 Å². The van der Waals surface area contributed by atoms with E-state index < -0.39 is 0 Å². The Hall–Kier alpha value is -10.0. The topological polar surface area (TPSA) is 88.1 Å². The first-order chi connectivity index (χ1) is 39.5. The van der Waals surface area contributed by atoms with Gasteiger partial charge in [-0.25, -0.2) is 0 Å². The van der Waals surface area contributed by atoms with Crippen molar-refractivity contribution in [1.82, 2.24) is 0 Å². The van der Waals surface area contributed by atoms with Gasteiger partial charge in [-0.15, -0.1) is 0 Å².